The van der Waals surface area contributed by atoms with Crippen molar-refractivity contribution in [2.24, 2.45) is 5.73 Å². The van der Waals surface area contributed by atoms with Gasteiger partial charge >= 0.3 is 5.97 Å². The van der Waals surface area contributed by atoms with E-state index in [1.54, 1.807) is 7.11 Å². The van der Waals surface area contributed by atoms with Crippen LogP contribution in [0.1, 0.15) is 5.56 Å². The average Bonchev–Trinajstić information content (AvgIpc) is 2.81. The molecule has 3 N–H and O–H groups in total. The number of rotatable bonds is 4. The summed E-state index contributed by atoms with van der Waals surface area (Å²) in [6.07, 6.45) is 2.25. The second-order valence-corrected chi connectivity index (χ2v) is 4.03. The van der Waals surface area contributed by atoms with Crippen LogP contribution in [0.15, 0.2) is 24.4 Å². The van der Waals surface area contributed by atoms with E-state index in [-0.39, 0.29) is 0 Å². The van der Waals surface area contributed by atoms with E-state index >= 15 is 0 Å². The Kier molecular flexibility index (Phi) is 3.53. The molecule has 0 radical (unpaired) electrons. The molecule has 0 aliphatic carbocycles. The molecule has 2 aromatic rings. The number of carbonyl (C=O) groups excluding carboxylic acids is 1. The number of nitrogens with two attached hydrogens (primary N) is 1. The van der Waals surface area contributed by atoms with Crippen LogP contribution in [0.4, 0.5) is 0 Å². The molecule has 0 aliphatic rings. The first-order chi connectivity index (χ1) is 8.67. The topological polar surface area (TPSA) is 77.3 Å². The van der Waals surface area contributed by atoms with Crippen molar-refractivity contribution in [1.29, 1.82) is 0 Å². The zero-order chi connectivity index (χ0) is 13.1. The van der Waals surface area contributed by atoms with Crippen molar-refractivity contribution in [3.05, 3.63) is 30.0 Å². The van der Waals surface area contributed by atoms with Crippen LogP contribution in [0.3, 0.4) is 0 Å². The van der Waals surface area contributed by atoms with Gasteiger partial charge in [-0.25, -0.2) is 0 Å². The highest BCUT2D eigenvalue weighted by molar-refractivity contribution is 5.90. The van der Waals surface area contributed by atoms with Gasteiger partial charge in [-0.2, -0.15) is 0 Å². The molecule has 1 atom stereocenters. The summed E-state index contributed by atoms with van der Waals surface area (Å²) >= 11 is 0. The van der Waals surface area contributed by atoms with Crippen LogP contribution >= 0.6 is 0 Å². The number of esters is 1. The Morgan fingerprint density at radius 1 is 1.44 bits per heavy atom. The number of aromatic amines is 1. The molecule has 1 unspecified atom stereocenters. The SMILES string of the molecule is COC(=O)C(N)Cc1c[nH]c2cccc(OC)c12. The van der Waals surface area contributed by atoms with E-state index in [1.807, 2.05) is 24.4 Å². The van der Waals surface area contributed by atoms with Gasteiger partial charge in [0.15, 0.2) is 0 Å². The van der Waals surface area contributed by atoms with E-state index in [0.29, 0.717) is 6.42 Å². The number of nitrogens with one attached hydrogen (secondary N) is 1. The van der Waals surface area contributed by atoms with Gasteiger partial charge in [-0.05, 0) is 17.7 Å². The molecule has 1 aromatic carbocycles. The molecule has 0 spiro atoms. The lowest BCUT2D eigenvalue weighted by Crippen LogP contribution is -2.33. The fourth-order valence-electron chi connectivity index (χ4n) is 2.02. The summed E-state index contributed by atoms with van der Waals surface area (Å²) in [6.45, 7) is 0. The number of ether oxygens (including phenoxy) is 2. The predicted molar refractivity (Wildman–Crippen MR) is 68.5 cm³/mol. The molecule has 0 saturated carbocycles. The molecule has 1 heterocycles. The van der Waals surface area contributed by atoms with Gasteiger partial charge in [0.25, 0.3) is 0 Å². The largest absolute Gasteiger partial charge is 0.496 e. The lowest BCUT2D eigenvalue weighted by Gasteiger charge is -2.09. The first-order valence-corrected chi connectivity index (χ1v) is 5.63. The van der Waals surface area contributed by atoms with Gasteiger partial charge in [0.2, 0.25) is 0 Å². The number of fused-ring (bicyclic) bond motifs is 1. The number of aromatic nitrogens is 1. The number of carbonyl (C=O) groups is 1. The van der Waals surface area contributed by atoms with Gasteiger partial charge in [-0.3, -0.25) is 4.79 Å². The van der Waals surface area contributed by atoms with Gasteiger partial charge in [0, 0.05) is 23.5 Å². The van der Waals surface area contributed by atoms with Crippen molar-refractivity contribution in [3.63, 3.8) is 0 Å². The second-order valence-electron chi connectivity index (χ2n) is 4.03. The number of hydrogen-bond donors (Lipinski definition) is 2. The minimum atomic E-state index is -0.668. The zero-order valence-corrected chi connectivity index (χ0v) is 10.4. The fourth-order valence-corrected chi connectivity index (χ4v) is 2.02. The molecule has 1 aromatic heterocycles. The van der Waals surface area contributed by atoms with Crippen LogP contribution in [0.5, 0.6) is 5.75 Å². The van der Waals surface area contributed by atoms with Crippen molar-refractivity contribution in [2.75, 3.05) is 14.2 Å². The van der Waals surface area contributed by atoms with Crippen molar-refractivity contribution < 1.29 is 14.3 Å². The third-order valence-electron chi connectivity index (χ3n) is 2.91. The van der Waals surface area contributed by atoms with Crippen molar-refractivity contribution in [2.45, 2.75) is 12.5 Å². The fraction of sp³-hybridized carbons (Fsp3) is 0.308. The summed E-state index contributed by atoms with van der Waals surface area (Å²) in [5, 5.41) is 0.958. The maximum Gasteiger partial charge on any atom is 0.322 e. The summed E-state index contributed by atoms with van der Waals surface area (Å²) < 4.78 is 9.94. The minimum absolute atomic E-state index is 0.410. The van der Waals surface area contributed by atoms with Crippen LogP contribution in [0.2, 0.25) is 0 Å². The molecule has 5 nitrogen and oxygen atoms in total. The molecule has 0 bridgehead atoms. The normalized spacial score (nSPS) is 12.4. The average molecular weight is 248 g/mol. The Morgan fingerprint density at radius 3 is 2.89 bits per heavy atom. The van der Waals surface area contributed by atoms with Crippen molar-refractivity contribution in [3.8, 4) is 5.75 Å². The Bertz CT molecular complexity index is 562. The molecule has 5 heteroatoms. The zero-order valence-electron chi connectivity index (χ0n) is 10.4. The molecule has 0 aliphatic heterocycles. The third kappa shape index (κ3) is 2.17. The number of hydrogen-bond acceptors (Lipinski definition) is 4. The lowest BCUT2D eigenvalue weighted by molar-refractivity contribution is -0.142. The molecule has 0 saturated heterocycles. The van der Waals surface area contributed by atoms with E-state index in [4.69, 9.17) is 10.5 Å². The van der Waals surface area contributed by atoms with Crippen LogP contribution in [0, 0.1) is 0 Å². The van der Waals surface area contributed by atoms with Crippen LogP contribution < -0.4 is 10.5 Å². The number of methoxy groups -OCH3 is 2. The highest BCUT2D eigenvalue weighted by atomic mass is 16.5. The molecule has 2 rings (SSSR count). The molecule has 0 amide bonds. The van der Waals surface area contributed by atoms with Gasteiger partial charge in [0.05, 0.1) is 14.2 Å². The standard InChI is InChI=1S/C13H16N2O3/c1-17-11-5-3-4-10-12(11)8(7-15-10)6-9(14)13(16)18-2/h3-5,7,9,15H,6,14H2,1-2H3. The van der Waals surface area contributed by atoms with Crippen LogP contribution in [-0.2, 0) is 16.0 Å². The smallest absolute Gasteiger partial charge is 0.322 e. The quantitative estimate of drug-likeness (QED) is 0.797. The molecular formula is C13H16N2O3. The number of benzene rings is 1. The molecule has 96 valence electrons. The monoisotopic (exact) mass is 248 g/mol. The highest BCUT2D eigenvalue weighted by Gasteiger charge is 2.17. The second kappa shape index (κ2) is 5.10. The summed E-state index contributed by atoms with van der Waals surface area (Å²) in [6, 6.07) is 5.06. The van der Waals surface area contributed by atoms with E-state index in [9.17, 15) is 4.79 Å². The van der Waals surface area contributed by atoms with Crippen LogP contribution in [0.25, 0.3) is 10.9 Å². The Balaban J connectivity index is 2.37. The third-order valence-corrected chi connectivity index (χ3v) is 2.91. The maximum absolute atomic E-state index is 11.3. The Hall–Kier alpha value is -2.01. The number of H-pyrrole nitrogens is 1. The van der Waals surface area contributed by atoms with Gasteiger partial charge < -0.3 is 20.2 Å². The maximum atomic E-state index is 11.3. The van der Waals surface area contributed by atoms with Crippen LogP contribution in [-0.4, -0.2) is 31.2 Å². The van der Waals surface area contributed by atoms with Gasteiger partial charge in [-0.15, -0.1) is 0 Å². The van der Waals surface area contributed by atoms with E-state index in [1.165, 1.54) is 7.11 Å². The Morgan fingerprint density at radius 2 is 2.22 bits per heavy atom. The van der Waals surface area contributed by atoms with Crippen molar-refractivity contribution >= 4 is 16.9 Å². The minimum Gasteiger partial charge on any atom is -0.496 e. The first kappa shape index (κ1) is 12.4. The van der Waals surface area contributed by atoms with Gasteiger partial charge in [0.1, 0.15) is 11.8 Å². The summed E-state index contributed by atoms with van der Waals surface area (Å²) in [4.78, 5) is 14.5. The lowest BCUT2D eigenvalue weighted by atomic mass is 10.0. The van der Waals surface area contributed by atoms with E-state index in [0.717, 1.165) is 22.2 Å². The molecule has 0 fully saturated rings. The van der Waals surface area contributed by atoms with E-state index < -0.39 is 12.0 Å². The molecule has 18 heavy (non-hydrogen) atoms. The Labute approximate surface area is 105 Å². The first-order valence-electron chi connectivity index (χ1n) is 5.63. The predicted octanol–water partition coefficient (Wildman–Crippen LogP) is 1.22. The highest BCUT2D eigenvalue weighted by Crippen LogP contribution is 2.29. The summed E-state index contributed by atoms with van der Waals surface area (Å²) in [7, 11) is 2.95. The summed E-state index contributed by atoms with van der Waals surface area (Å²) in [5.74, 6) is 0.347. The molecular weight excluding hydrogens is 232 g/mol. The van der Waals surface area contributed by atoms with E-state index in [2.05, 4.69) is 9.72 Å². The summed E-state index contributed by atoms with van der Waals surface area (Å²) in [5.41, 5.74) is 7.68. The van der Waals surface area contributed by atoms with Crippen molar-refractivity contribution in [1.82, 2.24) is 4.98 Å². The van der Waals surface area contributed by atoms with Gasteiger partial charge in [-0.1, -0.05) is 6.07 Å².